The minimum Gasteiger partial charge on any atom is -0.493 e. The Morgan fingerprint density at radius 1 is 1.18 bits per heavy atom. The maximum atomic E-state index is 13.2. The van der Waals surface area contributed by atoms with Crippen molar-refractivity contribution < 1.29 is 23.7 Å². The number of ether oxygens (including phenoxy) is 4. The zero-order chi connectivity index (χ0) is 23.8. The number of amides is 1. The quantitative estimate of drug-likeness (QED) is 0.329. The van der Waals surface area contributed by atoms with E-state index in [2.05, 4.69) is 15.5 Å². The minimum absolute atomic E-state index is 0.0699. The van der Waals surface area contributed by atoms with Crippen molar-refractivity contribution in [1.82, 2.24) is 15.0 Å². The van der Waals surface area contributed by atoms with Gasteiger partial charge in [0, 0.05) is 29.0 Å². The predicted molar refractivity (Wildman–Crippen MR) is 129 cm³/mol. The highest BCUT2D eigenvalue weighted by atomic mass is 32.1. The number of methoxy groups -OCH3 is 2. The molecule has 4 heterocycles. The highest BCUT2D eigenvalue weighted by Gasteiger charge is 2.27. The van der Waals surface area contributed by atoms with Gasteiger partial charge < -0.3 is 23.5 Å². The van der Waals surface area contributed by atoms with Crippen LogP contribution in [0.25, 0.3) is 15.9 Å². The lowest BCUT2D eigenvalue weighted by atomic mass is 10.1. The molecule has 0 bridgehead atoms. The van der Waals surface area contributed by atoms with Crippen LogP contribution in [0.2, 0.25) is 0 Å². The summed E-state index contributed by atoms with van der Waals surface area (Å²) in [5, 5.41) is 5.13. The molecule has 10 heteroatoms. The lowest BCUT2D eigenvalue weighted by Crippen LogP contribution is -2.18. The van der Waals surface area contributed by atoms with Gasteiger partial charge in [-0.1, -0.05) is 0 Å². The first-order chi connectivity index (χ1) is 16.5. The molecule has 0 fully saturated rings. The van der Waals surface area contributed by atoms with Crippen molar-refractivity contribution in [3.63, 3.8) is 0 Å². The van der Waals surface area contributed by atoms with Crippen LogP contribution in [0.5, 0.6) is 23.0 Å². The van der Waals surface area contributed by atoms with E-state index >= 15 is 0 Å². The molecule has 3 aromatic heterocycles. The highest BCUT2D eigenvalue weighted by Crippen LogP contribution is 2.49. The summed E-state index contributed by atoms with van der Waals surface area (Å²) in [6, 6.07) is 7.56. The Balaban J connectivity index is 1.50. The lowest BCUT2D eigenvalue weighted by Gasteiger charge is -2.11. The van der Waals surface area contributed by atoms with E-state index in [4.69, 9.17) is 18.9 Å². The molecule has 0 spiro atoms. The third-order valence-corrected chi connectivity index (χ3v) is 6.49. The first-order valence-corrected chi connectivity index (χ1v) is 11.3. The normalized spacial score (nSPS) is 12.5. The number of nitrogens with zero attached hydrogens (tertiary/aromatic N) is 3. The van der Waals surface area contributed by atoms with E-state index in [1.54, 1.807) is 6.07 Å². The summed E-state index contributed by atoms with van der Waals surface area (Å²) in [4.78, 5) is 19.2. The van der Waals surface area contributed by atoms with Crippen LogP contribution in [0.15, 0.2) is 41.8 Å². The van der Waals surface area contributed by atoms with Crippen molar-refractivity contribution in [2.45, 2.75) is 13.8 Å². The molecular formula is C24H22N4O5S. The van der Waals surface area contributed by atoms with Gasteiger partial charge in [-0.3, -0.25) is 4.79 Å². The number of nitrogens with one attached hydrogen (secondary N) is 1. The molecule has 5 rings (SSSR count). The van der Waals surface area contributed by atoms with E-state index in [-0.39, 0.29) is 12.7 Å². The first-order valence-electron chi connectivity index (χ1n) is 10.4. The average Bonchev–Trinajstić information content (AvgIpc) is 3.57. The van der Waals surface area contributed by atoms with Gasteiger partial charge in [-0.05, 0) is 43.7 Å². The van der Waals surface area contributed by atoms with Crippen LogP contribution in [-0.4, -0.2) is 42.7 Å². The summed E-state index contributed by atoms with van der Waals surface area (Å²) >= 11 is 1.34. The van der Waals surface area contributed by atoms with Crippen LogP contribution in [0.4, 0.5) is 0 Å². The van der Waals surface area contributed by atoms with Gasteiger partial charge in [0.25, 0.3) is 5.91 Å². The molecule has 0 radical (unpaired) electrons. The molecule has 0 unspecified atom stereocenters. The van der Waals surface area contributed by atoms with Gasteiger partial charge in [-0.25, -0.2) is 10.4 Å². The molecule has 0 saturated heterocycles. The Morgan fingerprint density at radius 3 is 2.68 bits per heavy atom. The van der Waals surface area contributed by atoms with Gasteiger partial charge >= 0.3 is 0 Å². The number of carbonyl (C=O) groups is 1. The van der Waals surface area contributed by atoms with Gasteiger partial charge in [0.1, 0.15) is 9.71 Å². The molecule has 34 heavy (non-hydrogen) atoms. The number of hydrogen-bond donors (Lipinski definition) is 1. The third kappa shape index (κ3) is 3.61. The number of pyridine rings is 1. The SMILES string of the molecule is COc1cc(/C=N/NC(=O)c2sc3nc(C)cc(C)c3c2-n2cccc2)c(OC)c2c1OCO2. The van der Waals surface area contributed by atoms with E-state index in [0.29, 0.717) is 33.4 Å². The summed E-state index contributed by atoms with van der Waals surface area (Å²) < 4.78 is 23.8. The maximum Gasteiger partial charge on any atom is 0.283 e. The molecule has 1 aliphatic heterocycles. The minimum atomic E-state index is -0.341. The molecular weight excluding hydrogens is 456 g/mol. The second kappa shape index (κ2) is 8.71. The van der Waals surface area contributed by atoms with Crippen molar-refractivity contribution in [2.75, 3.05) is 21.0 Å². The number of aromatic nitrogens is 2. The van der Waals surface area contributed by atoms with Crippen molar-refractivity contribution >= 4 is 33.7 Å². The van der Waals surface area contributed by atoms with Crippen LogP contribution in [-0.2, 0) is 0 Å². The summed E-state index contributed by atoms with van der Waals surface area (Å²) in [5.41, 5.74) is 5.94. The highest BCUT2D eigenvalue weighted by molar-refractivity contribution is 7.21. The van der Waals surface area contributed by atoms with Gasteiger partial charge in [-0.15, -0.1) is 11.3 Å². The summed E-state index contributed by atoms with van der Waals surface area (Å²) in [6.45, 7) is 4.04. The van der Waals surface area contributed by atoms with Crippen LogP contribution < -0.4 is 24.4 Å². The molecule has 9 nitrogen and oxygen atoms in total. The molecule has 1 aromatic carbocycles. The second-order valence-corrected chi connectivity index (χ2v) is 8.60. The predicted octanol–water partition coefficient (Wildman–Crippen LogP) is 4.21. The number of aryl methyl sites for hydroxylation is 2. The standard InChI is InChI=1S/C24H22N4O5S/c1-13-9-14(2)26-24-17(13)18(28-7-5-6-8-28)22(34-24)23(29)27-25-11-15-10-16(30-3)20-21(19(15)31-4)33-12-32-20/h5-11H,12H2,1-4H3,(H,27,29)/b25-11+. The summed E-state index contributed by atoms with van der Waals surface area (Å²) in [6.07, 6.45) is 5.30. The largest absolute Gasteiger partial charge is 0.493 e. The fourth-order valence-electron chi connectivity index (χ4n) is 4.01. The lowest BCUT2D eigenvalue weighted by molar-refractivity contribution is 0.0959. The van der Waals surface area contributed by atoms with E-state index in [1.807, 2.05) is 49.0 Å². The van der Waals surface area contributed by atoms with E-state index < -0.39 is 0 Å². The average molecular weight is 479 g/mol. The number of fused-ring (bicyclic) bond motifs is 2. The first kappa shape index (κ1) is 21.8. The van der Waals surface area contributed by atoms with Crippen molar-refractivity contribution in [1.29, 1.82) is 0 Å². The fourth-order valence-corrected chi connectivity index (χ4v) is 5.19. The molecule has 1 N–H and O–H groups in total. The number of rotatable bonds is 6. The van der Waals surface area contributed by atoms with Crippen LogP contribution >= 0.6 is 11.3 Å². The summed E-state index contributed by atoms with van der Waals surface area (Å²) in [5.74, 6) is 1.49. The maximum absolute atomic E-state index is 13.2. The van der Waals surface area contributed by atoms with Crippen LogP contribution in [0, 0.1) is 13.8 Å². The Labute approximate surface area is 199 Å². The number of carbonyl (C=O) groups excluding carboxylic acids is 1. The number of thiophene rings is 1. The molecule has 174 valence electrons. The van der Waals surface area contributed by atoms with E-state index in [1.165, 1.54) is 31.8 Å². The van der Waals surface area contributed by atoms with Crippen LogP contribution in [0.3, 0.4) is 0 Å². The molecule has 0 aliphatic carbocycles. The fraction of sp³-hybridized carbons (Fsp3) is 0.208. The van der Waals surface area contributed by atoms with Crippen molar-refractivity contribution in [3.8, 4) is 28.7 Å². The molecule has 1 amide bonds. The Hall–Kier alpha value is -4.05. The molecule has 0 atom stereocenters. The Kier molecular flexibility index (Phi) is 5.58. The van der Waals surface area contributed by atoms with Gasteiger partial charge in [0.2, 0.25) is 18.3 Å². The summed E-state index contributed by atoms with van der Waals surface area (Å²) in [7, 11) is 3.06. The number of hydrazone groups is 1. The van der Waals surface area contributed by atoms with Crippen molar-refractivity contribution in [2.24, 2.45) is 5.10 Å². The zero-order valence-corrected chi connectivity index (χ0v) is 19.9. The van der Waals surface area contributed by atoms with Gasteiger partial charge in [0.05, 0.1) is 26.1 Å². The smallest absolute Gasteiger partial charge is 0.283 e. The van der Waals surface area contributed by atoms with E-state index in [0.717, 1.165) is 27.2 Å². The topological polar surface area (TPSA) is 96.2 Å². The monoisotopic (exact) mass is 478 g/mol. The van der Waals surface area contributed by atoms with E-state index in [9.17, 15) is 4.79 Å². The van der Waals surface area contributed by atoms with Gasteiger partial charge in [-0.2, -0.15) is 5.10 Å². The van der Waals surface area contributed by atoms with Crippen molar-refractivity contribution in [3.05, 3.63) is 58.4 Å². The van der Waals surface area contributed by atoms with Gasteiger partial charge in [0.15, 0.2) is 11.5 Å². The molecule has 1 aliphatic rings. The number of benzene rings is 1. The zero-order valence-electron chi connectivity index (χ0n) is 19.0. The second-order valence-electron chi connectivity index (χ2n) is 7.60. The number of hydrogen-bond acceptors (Lipinski definition) is 8. The third-order valence-electron chi connectivity index (χ3n) is 5.42. The Bertz CT molecular complexity index is 1430. The van der Waals surface area contributed by atoms with Crippen LogP contribution in [0.1, 0.15) is 26.5 Å². The molecule has 4 aromatic rings. The Morgan fingerprint density at radius 2 is 1.94 bits per heavy atom. The molecule has 0 saturated carbocycles.